The number of aryl methyl sites for hydroxylation is 1. The summed E-state index contributed by atoms with van der Waals surface area (Å²) < 4.78 is 37.4. The highest BCUT2D eigenvalue weighted by Gasteiger charge is 2.38. The van der Waals surface area contributed by atoms with Crippen molar-refractivity contribution in [3.63, 3.8) is 0 Å². The first kappa shape index (κ1) is 33.5. The topological polar surface area (TPSA) is 140 Å². The Bertz CT molecular complexity index is 1860. The van der Waals surface area contributed by atoms with Gasteiger partial charge in [0.05, 0.1) is 22.7 Å². The van der Waals surface area contributed by atoms with E-state index in [0.29, 0.717) is 17.9 Å². The van der Waals surface area contributed by atoms with E-state index in [1.54, 1.807) is 34.8 Å². The van der Waals surface area contributed by atoms with Gasteiger partial charge in [-0.25, -0.2) is 9.78 Å². The molecule has 0 unspecified atom stereocenters. The van der Waals surface area contributed by atoms with Crippen LogP contribution in [0.25, 0.3) is 33.6 Å². The molecule has 4 heterocycles. The fraction of sp³-hybridized carbons (Fsp3) is 0.242. The van der Waals surface area contributed by atoms with Gasteiger partial charge in [-0.1, -0.05) is 41.6 Å². The highest BCUT2D eigenvalue weighted by molar-refractivity contribution is 7.10. The summed E-state index contributed by atoms with van der Waals surface area (Å²) >= 11 is 3.30. The van der Waals surface area contributed by atoms with E-state index in [4.69, 9.17) is 25.1 Å². The molecule has 0 radical (unpaired) electrons. The van der Waals surface area contributed by atoms with Gasteiger partial charge in [0.2, 0.25) is 11.8 Å². The Morgan fingerprint density at radius 3 is 2.30 bits per heavy atom. The predicted octanol–water partition coefficient (Wildman–Crippen LogP) is 7.18. The summed E-state index contributed by atoms with van der Waals surface area (Å²) in [7, 11) is 0. The lowest BCUT2D eigenvalue weighted by molar-refractivity contribution is -0.192. The van der Waals surface area contributed by atoms with Crippen LogP contribution in [0.1, 0.15) is 44.8 Å². The molecule has 1 aliphatic rings. The lowest BCUT2D eigenvalue weighted by Crippen LogP contribution is -2.38. The molecule has 0 saturated carbocycles. The summed E-state index contributed by atoms with van der Waals surface area (Å²) in [5.41, 5.74) is 11.3. The number of rotatable bonds is 7. The Balaban J connectivity index is 0.000000559. The number of hydrogen-bond donors (Lipinski definition) is 2. The zero-order chi connectivity index (χ0) is 33.7. The predicted molar refractivity (Wildman–Crippen MR) is 172 cm³/mol. The second kappa shape index (κ2) is 14.3. The van der Waals surface area contributed by atoms with E-state index in [-0.39, 0.29) is 5.91 Å². The van der Waals surface area contributed by atoms with E-state index in [1.807, 2.05) is 59.7 Å². The highest BCUT2D eigenvalue weighted by atomic mass is 32.1. The number of carboxylic acids is 1. The number of alkyl halides is 3. The summed E-state index contributed by atoms with van der Waals surface area (Å²) in [4.78, 5) is 41.2. The van der Waals surface area contributed by atoms with Gasteiger partial charge in [-0.2, -0.15) is 13.2 Å². The quantitative estimate of drug-likeness (QED) is 0.185. The molecule has 0 atom stereocenters. The molecule has 1 fully saturated rings. The number of primary amides is 1. The number of aliphatic carboxylic acids is 1. The number of piperidine rings is 1. The molecule has 0 spiro atoms. The standard InChI is InChI=1S/C31H28N4O3S2.C2HF3O2/c1-19-28(29(34-38-19)24-5-2-4-23(16-24)20-7-9-21(10-8-20)30(32)37)26-18-40-31(33-26)22-11-13-35(14-12-22)27(36)17-25-6-3-15-39-25;3-2(4,5)1(6)7/h2-10,15-16,18,22H,11-14,17H2,1H3,(H2,32,37);(H,6,7). The number of nitrogens with zero attached hydrogens (tertiary/aromatic N) is 3. The van der Waals surface area contributed by atoms with E-state index in [0.717, 1.165) is 75.2 Å². The molecule has 14 heteroatoms. The number of aromatic nitrogens is 2. The summed E-state index contributed by atoms with van der Waals surface area (Å²) in [6.45, 7) is 3.43. The van der Waals surface area contributed by atoms with Crippen molar-refractivity contribution in [3.8, 4) is 33.6 Å². The van der Waals surface area contributed by atoms with Crippen molar-refractivity contribution in [2.75, 3.05) is 13.1 Å². The average molecular weight is 683 g/mol. The number of carbonyl (C=O) groups excluding carboxylic acids is 2. The monoisotopic (exact) mass is 682 g/mol. The molecular formula is C33H29F3N4O5S2. The van der Waals surface area contributed by atoms with Gasteiger partial charge < -0.3 is 20.3 Å². The third kappa shape index (κ3) is 8.13. The Hall–Kier alpha value is -4.82. The second-order valence-electron chi connectivity index (χ2n) is 10.8. The number of carbonyl (C=O) groups is 3. The third-order valence-electron chi connectivity index (χ3n) is 7.62. The van der Waals surface area contributed by atoms with Crippen molar-refractivity contribution >= 4 is 40.5 Å². The Morgan fingerprint density at radius 2 is 1.68 bits per heavy atom. The van der Waals surface area contributed by atoms with E-state index in [1.165, 1.54) is 0 Å². The number of nitrogens with two attached hydrogens (primary N) is 1. The lowest BCUT2D eigenvalue weighted by atomic mass is 9.97. The van der Waals surface area contributed by atoms with Gasteiger partial charge in [0.25, 0.3) is 0 Å². The average Bonchev–Trinajstić information content (AvgIpc) is 3.83. The fourth-order valence-corrected chi connectivity index (χ4v) is 6.86. The molecule has 2 amide bonds. The zero-order valence-electron chi connectivity index (χ0n) is 25.0. The van der Waals surface area contributed by atoms with Gasteiger partial charge in [-0.05, 0) is 60.5 Å². The van der Waals surface area contributed by atoms with Gasteiger partial charge in [0.1, 0.15) is 11.5 Å². The number of thiazole rings is 1. The van der Waals surface area contributed by atoms with Crippen LogP contribution in [0.2, 0.25) is 0 Å². The Labute approximate surface area is 275 Å². The van der Waals surface area contributed by atoms with Crippen molar-refractivity contribution in [1.82, 2.24) is 15.0 Å². The van der Waals surface area contributed by atoms with Crippen LogP contribution in [0.5, 0.6) is 0 Å². The normalized spacial score (nSPS) is 13.6. The molecule has 244 valence electrons. The molecule has 3 aromatic heterocycles. The van der Waals surface area contributed by atoms with Crippen LogP contribution >= 0.6 is 22.7 Å². The van der Waals surface area contributed by atoms with Gasteiger partial charge in [0, 0.05) is 40.4 Å². The molecule has 47 heavy (non-hydrogen) atoms. The van der Waals surface area contributed by atoms with Gasteiger partial charge in [-0.3, -0.25) is 9.59 Å². The minimum Gasteiger partial charge on any atom is -0.475 e. The van der Waals surface area contributed by atoms with Crippen LogP contribution in [0.4, 0.5) is 13.2 Å². The molecule has 0 aliphatic carbocycles. The van der Waals surface area contributed by atoms with Crippen molar-refractivity contribution in [1.29, 1.82) is 0 Å². The Morgan fingerprint density at radius 1 is 1.00 bits per heavy atom. The number of carboxylic acid groups (broad SMARTS) is 1. The maximum Gasteiger partial charge on any atom is 0.490 e. The first-order valence-electron chi connectivity index (χ1n) is 14.4. The third-order valence-corrected chi connectivity index (χ3v) is 9.51. The maximum absolute atomic E-state index is 12.7. The SMILES string of the molecule is Cc1onc(-c2cccc(-c3ccc(C(N)=O)cc3)c2)c1-c1csc(C2CCN(C(=O)Cc3cccs3)CC2)n1.O=C(O)C(F)(F)F. The van der Waals surface area contributed by atoms with Crippen molar-refractivity contribution in [2.45, 2.75) is 38.3 Å². The minimum absolute atomic E-state index is 0.205. The molecule has 1 aliphatic heterocycles. The summed E-state index contributed by atoms with van der Waals surface area (Å²) in [5, 5.41) is 16.7. The molecule has 2 aromatic carbocycles. The number of hydrogen-bond acceptors (Lipinski definition) is 8. The summed E-state index contributed by atoms with van der Waals surface area (Å²) in [6, 6.07) is 19.3. The van der Waals surface area contributed by atoms with E-state index < -0.39 is 18.1 Å². The van der Waals surface area contributed by atoms with Gasteiger partial charge in [-0.15, -0.1) is 22.7 Å². The van der Waals surface area contributed by atoms with Crippen LogP contribution in [0.15, 0.2) is 75.9 Å². The van der Waals surface area contributed by atoms with E-state index >= 15 is 0 Å². The number of amides is 2. The first-order valence-corrected chi connectivity index (χ1v) is 16.2. The smallest absolute Gasteiger partial charge is 0.475 e. The molecule has 0 bridgehead atoms. The van der Waals surface area contributed by atoms with Crippen molar-refractivity contribution in [3.05, 3.63) is 92.6 Å². The zero-order valence-corrected chi connectivity index (χ0v) is 26.6. The Kier molecular flexibility index (Phi) is 10.2. The number of benzene rings is 2. The van der Waals surface area contributed by atoms with Crippen LogP contribution in [0, 0.1) is 6.92 Å². The molecule has 3 N–H and O–H groups in total. The van der Waals surface area contributed by atoms with Crippen molar-refractivity contribution < 1.29 is 37.2 Å². The van der Waals surface area contributed by atoms with Gasteiger partial charge in [0.15, 0.2) is 0 Å². The number of thiophene rings is 1. The first-order chi connectivity index (χ1) is 22.4. The van der Waals surface area contributed by atoms with E-state index in [2.05, 4.69) is 16.6 Å². The van der Waals surface area contributed by atoms with E-state index in [9.17, 15) is 22.8 Å². The lowest BCUT2D eigenvalue weighted by Gasteiger charge is -2.31. The summed E-state index contributed by atoms with van der Waals surface area (Å²) in [6.07, 6.45) is -2.77. The molecule has 6 rings (SSSR count). The molecule has 1 saturated heterocycles. The van der Waals surface area contributed by atoms with Crippen LogP contribution in [-0.4, -0.2) is 57.2 Å². The summed E-state index contributed by atoms with van der Waals surface area (Å²) in [5.74, 6) is -1.94. The van der Waals surface area contributed by atoms with Crippen LogP contribution in [-0.2, 0) is 16.0 Å². The van der Waals surface area contributed by atoms with Crippen LogP contribution in [0.3, 0.4) is 0 Å². The highest BCUT2D eigenvalue weighted by Crippen LogP contribution is 2.39. The molecular weight excluding hydrogens is 654 g/mol. The van der Waals surface area contributed by atoms with Gasteiger partial charge >= 0.3 is 12.1 Å². The number of likely N-dealkylation sites (tertiary alicyclic amines) is 1. The fourth-order valence-electron chi connectivity index (χ4n) is 5.18. The second-order valence-corrected chi connectivity index (χ2v) is 12.7. The largest absolute Gasteiger partial charge is 0.490 e. The number of halogens is 3. The minimum atomic E-state index is -5.08. The van der Waals surface area contributed by atoms with Crippen LogP contribution < -0.4 is 5.73 Å². The molecule has 5 aromatic rings. The maximum atomic E-state index is 12.7. The molecule has 9 nitrogen and oxygen atoms in total. The van der Waals surface area contributed by atoms with Crippen molar-refractivity contribution in [2.24, 2.45) is 5.73 Å².